The molecule has 2 N–H and O–H groups in total. The summed E-state index contributed by atoms with van der Waals surface area (Å²) in [7, 11) is 0. The number of alkyl halides is 3. The van der Waals surface area contributed by atoms with Crippen molar-refractivity contribution in [1.29, 1.82) is 0 Å². The van der Waals surface area contributed by atoms with Crippen molar-refractivity contribution in [2.75, 3.05) is 6.61 Å². The highest BCUT2D eigenvalue weighted by molar-refractivity contribution is 9.10. The van der Waals surface area contributed by atoms with Gasteiger partial charge < -0.3 is 15.4 Å². The third-order valence-corrected chi connectivity index (χ3v) is 3.92. The third-order valence-electron chi connectivity index (χ3n) is 3.06. The molecule has 23 heavy (non-hydrogen) atoms. The van der Waals surface area contributed by atoms with Gasteiger partial charge in [-0.15, -0.1) is 0 Å². The molecule has 0 aliphatic carbocycles. The molecule has 1 heterocycles. The summed E-state index contributed by atoms with van der Waals surface area (Å²) in [4.78, 5) is 24.1. The average molecular weight is 443 g/mol. The number of hydrogen-bond acceptors (Lipinski definition) is 3. The van der Waals surface area contributed by atoms with Crippen LogP contribution >= 0.6 is 50.7 Å². The van der Waals surface area contributed by atoms with Crippen LogP contribution in [-0.4, -0.2) is 22.4 Å². The van der Waals surface area contributed by atoms with E-state index in [2.05, 4.69) is 26.6 Å². The molecule has 0 radical (unpaired) electrons. The van der Waals surface area contributed by atoms with Crippen LogP contribution < -0.4 is 10.6 Å². The largest absolute Gasteiger partial charge is 0.458 e. The second-order valence-electron chi connectivity index (χ2n) is 4.81. The number of ether oxygens (including phenoxy) is 1. The SMILES string of the molecule is CC1=C(C(=O)OCC(Cl)(Cl)Cl)C(c2ccc(Br)cc2)NC(=O)N1. The smallest absolute Gasteiger partial charge is 0.338 e. The van der Waals surface area contributed by atoms with Crippen LogP contribution in [0.5, 0.6) is 0 Å². The summed E-state index contributed by atoms with van der Waals surface area (Å²) in [5.74, 6) is -0.672. The lowest BCUT2D eigenvalue weighted by atomic mass is 9.96. The summed E-state index contributed by atoms with van der Waals surface area (Å²) in [5.41, 5.74) is 1.36. The summed E-state index contributed by atoms with van der Waals surface area (Å²) >= 11 is 20.1. The van der Waals surface area contributed by atoms with Gasteiger partial charge in [-0.05, 0) is 24.6 Å². The highest BCUT2D eigenvalue weighted by atomic mass is 79.9. The number of hydrogen-bond donors (Lipinski definition) is 2. The highest BCUT2D eigenvalue weighted by Crippen LogP contribution is 2.30. The summed E-state index contributed by atoms with van der Waals surface area (Å²) in [6, 6.07) is 6.13. The molecule has 1 atom stereocenters. The number of rotatable bonds is 3. The van der Waals surface area contributed by atoms with E-state index >= 15 is 0 Å². The Bertz CT molecular complexity index is 656. The van der Waals surface area contributed by atoms with Gasteiger partial charge in [0.2, 0.25) is 3.79 Å². The maximum atomic E-state index is 12.4. The number of urea groups is 1. The Kier molecular flexibility index (Phi) is 5.84. The molecule has 0 saturated heterocycles. The van der Waals surface area contributed by atoms with Crippen LogP contribution in [0, 0.1) is 0 Å². The lowest BCUT2D eigenvalue weighted by Crippen LogP contribution is -2.45. The minimum absolute atomic E-state index is 0.251. The van der Waals surface area contributed by atoms with E-state index in [9.17, 15) is 9.59 Å². The number of halogens is 4. The minimum atomic E-state index is -1.71. The summed E-state index contributed by atoms with van der Waals surface area (Å²) in [6.07, 6.45) is 0. The van der Waals surface area contributed by atoms with E-state index in [1.165, 1.54) is 0 Å². The van der Waals surface area contributed by atoms with Crippen LogP contribution in [0.3, 0.4) is 0 Å². The molecule has 1 unspecified atom stereocenters. The number of benzene rings is 1. The molecule has 9 heteroatoms. The van der Waals surface area contributed by atoms with E-state index in [-0.39, 0.29) is 5.57 Å². The van der Waals surface area contributed by atoms with Crippen molar-refractivity contribution in [2.24, 2.45) is 0 Å². The van der Waals surface area contributed by atoms with Crippen molar-refractivity contribution < 1.29 is 14.3 Å². The molecule has 1 aliphatic rings. The molecule has 0 aromatic heterocycles. The molecule has 2 rings (SSSR count). The zero-order valence-corrected chi connectivity index (χ0v) is 15.7. The fraction of sp³-hybridized carbons (Fsp3) is 0.286. The Morgan fingerprint density at radius 1 is 1.30 bits per heavy atom. The van der Waals surface area contributed by atoms with Gasteiger partial charge in [0.05, 0.1) is 11.6 Å². The van der Waals surface area contributed by atoms with Gasteiger partial charge in [-0.25, -0.2) is 9.59 Å². The van der Waals surface area contributed by atoms with Crippen molar-refractivity contribution in [2.45, 2.75) is 16.8 Å². The average Bonchev–Trinajstić information content (AvgIpc) is 2.44. The maximum Gasteiger partial charge on any atom is 0.338 e. The van der Waals surface area contributed by atoms with Gasteiger partial charge in [0.15, 0.2) is 0 Å². The molecule has 1 aliphatic heterocycles. The van der Waals surface area contributed by atoms with Crippen LogP contribution in [0.25, 0.3) is 0 Å². The Labute approximate surface area is 156 Å². The number of carbonyl (C=O) groups excluding carboxylic acids is 2. The summed E-state index contributed by atoms with van der Waals surface area (Å²) < 4.78 is 4.21. The molecule has 0 spiro atoms. The van der Waals surface area contributed by atoms with E-state index in [1.807, 2.05) is 12.1 Å². The zero-order valence-electron chi connectivity index (χ0n) is 11.8. The molecule has 1 aromatic rings. The van der Waals surface area contributed by atoms with Gasteiger partial charge in [-0.2, -0.15) is 0 Å². The van der Waals surface area contributed by atoms with Crippen LogP contribution in [0.15, 0.2) is 40.0 Å². The van der Waals surface area contributed by atoms with Crippen LogP contribution in [0.4, 0.5) is 4.79 Å². The first kappa shape index (κ1) is 18.4. The van der Waals surface area contributed by atoms with Crippen LogP contribution in [0.1, 0.15) is 18.5 Å². The number of allylic oxidation sites excluding steroid dienone is 1. The van der Waals surface area contributed by atoms with E-state index in [0.717, 1.165) is 10.0 Å². The Morgan fingerprint density at radius 3 is 2.48 bits per heavy atom. The molecule has 0 bridgehead atoms. The summed E-state index contributed by atoms with van der Waals surface area (Å²) in [5, 5.41) is 5.23. The van der Waals surface area contributed by atoms with E-state index < -0.39 is 28.4 Å². The lowest BCUT2D eigenvalue weighted by Gasteiger charge is -2.28. The molecular formula is C14H12BrCl3N2O3. The van der Waals surface area contributed by atoms with Crippen molar-refractivity contribution >= 4 is 62.7 Å². The fourth-order valence-corrected chi connectivity index (χ4v) is 2.52. The van der Waals surface area contributed by atoms with Crippen molar-refractivity contribution in [1.82, 2.24) is 10.6 Å². The van der Waals surface area contributed by atoms with Gasteiger partial charge in [0, 0.05) is 10.2 Å². The number of esters is 1. The molecule has 124 valence electrons. The predicted octanol–water partition coefficient (Wildman–Crippen LogP) is 3.99. The van der Waals surface area contributed by atoms with Gasteiger partial charge in [0.25, 0.3) is 0 Å². The first-order valence-electron chi connectivity index (χ1n) is 6.45. The molecule has 0 saturated carbocycles. The van der Waals surface area contributed by atoms with Crippen molar-refractivity contribution in [3.05, 3.63) is 45.6 Å². The van der Waals surface area contributed by atoms with Gasteiger partial charge in [0.1, 0.15) is 6.61 Å². The van der Waals surface area contributed by atoms with Gasteiger partial charge >= 0.3 is 12.0 Å². The fourth-order valence-electron chi connectivity index (χ4n) is 2.09. The second kappa shape index (κ2) is 7.30. The van der Waals surface area contributed by atoms with Gasteiger partial charge in [-0.3, -0.25) is 0 Å². The molecule has 1 aromatic carbocycles. The highest BCUT2D eigenvalue weighted by Gasteiger charge is 2.33. The number of amides is 2. The van der Waals surface area contributed by atoms with Crippen LogP contribution in [0.2, 0.25) is 0 Å². The molecule has 0 fully saturated rings. The van der Waals surface area contributed by atoms with Crippen molar-refractivity contribution in [3.63, 3.8) is 0 Å². The second-order valence-corrected chi connectivity index (χ2v) is 8.24. The number of carbonyl (C=O) groups is 2. The predicted molar refractivity (Wildman–Crippen MR) is 92.5 cm³/mol. The molecule has 2 amide bonds. The monoisotopic (exact) mass is 440 g/mol. The standard InChI is InChI=1S/C14H12BrCl3N2O3/c1-7-10(12(21)23-6-14(16,17)18)11(20-13(22)19-7)8-2-4-9(15)5-3-8/h2-5,11H,6H2,1H3,(H2,19,20,22). The first-order chi connectivity index (χ1) is 10.7. The lowest BCUT2D eigenvalue weighted by molar-refractivity contribution is -0.139. The quantitative estimate of drug-likeness (QED) is 0.550. The normalized spacial score (nSPS) is 18.3. The van der Waals surface area contributed by atoms with E-state index in [4.69, 9.17) is 39.5 Å². The zero-order chi connectivity index (χ0) is 17.2. The van der Waals surface area contributed by atoms with E-state index in [0.29, 0.717) is 5.70 Å². The maximum absolute atomic E-state index is 12.4. The first-order valence-corrected chi connectivity index (χ1v) is 8.37. The summed E-state index contributed by atoms with van der Waals surface area (Å²) in [6.45, 7) is 1.21. The minimum Gasteiger partial charge on any atom is -0.458 e. The van der Waals surface area contributed by atoms with Crippen molar-refractivity contribution in [3.8, 4) is 0 Å². The molecule has 5 nitrogen and oxygen atoms in total. The Morgan fingerprint density at radius 2 is 1.91 bits per heavy atom. The number of nitrogens with one attached hydrogen (secondary N) is 2. The van der Waals surface area contributed by atoms with E-state index in [1.54, 1.807) is 19.1 Å². The third kappa shape index (κ3) is 5.01. The molecular weight excluding hydrogens is 430 g/mol. The van der Waals surface area contributed by atoms with Gasteiger partial charge in [-0.1, -0.05) is 62.9 Å². The Balaban J connectivity index is 2.31. The topological polar surface area (TPSA) is 67.4 Å². The Hall–Kier alpha value is -0.950. The van der Waals surface area contributed by atoms with Crippen LogP contribution in [-0.2, 0) is 9.53 Å².